The monoisotopic (exact) mass is 406 g/mol. The third kappa shape index (κ3) is 5.54. The molecule has 0 aliphatic rings. The Morgan fingerprint density at radius 2 is 1.71 bits per heavy atom. The van der Waals surface area contributed by atoms with Crippen LogP contribution in [0.15, 0.2) is 47.4 Å². The summed E-state index contributed by atoms with van der Waals surface area (Å²) in [7, 11) is -0.951. The Morgan fingerprint density at radius 3 is 2.36 bits per heavy atom. The summed E-state index contributed by atoms with van der Waals surface area (Å²) in [4.78, 5) is 23.4. The molecule has 0 fully saturated rings. The van der Waals surface area contributed by atoms with Gasteiger partial charge in [-0.3, -0.25) is 9.59 Å². The number of nitrogens with one attached hydrogen (secondary N) is 2. The zero-order valence-corrected chi connectivity index (χ0v) is 16.6. The van der Waals surface area contributed by atoms with Gasteiger partial charge in [0.25, 0.3) is 0 Å². The summed E-state index contributed by atoms with van der Waals surface area (Å²) >= 11 is 0. The molecule has 2 aromatic carbocycles. The van der Waals surface area contributed by atoms with E-state index in [0.717, 1.165) is 0 Å². The van der Waals surface area contributed by atoms with Gasteiger partial charge in [0.15, 0.2) is 17.3 Å². The number of methoxy groups -OCH3 is 2. The van der Waals surface area contributed by atoms with Gasteiger partial charge < -0.3 is 14.8 Å². The van der Waals surface area contributed by atoms with E-state index in [0.29, 0.717) is 17.0 Å². The third-order valence-corrected chi connectivity index (χ3v) is 5.32. The van der Waals surface area contributed by atoms with Crippen LogP contribution >= 0.6 is 0 Å². The summed E-state index contributed by atoms with van der Waals surface area (Å²) in [6.45, 7) is 1.35. The Morgan fingerprint density at radius 1 is 1.00 bits per heavy atom. The normalized spacial score (nSPS) is 11.0. The van der Waals surface area contributed by atoms with Crippen LogP contribution in [0.4, 0.5) is 5.69 Å². The number of hydrogen-bond acceptors (Lipinski definition) is 6. The molecule has 2 N–H and O–H groups in total. The van der Waals surface area contributed by atoms with Gasteiger partial charge in [0.1, 0.15) is 0 Å². The van der Waals surface area contributed by atoms with Crippen molar-refractivity contribution in [2.75, 3.05) is 26.1 Å². The minimum Gasteiger partial charge on any atom is -0.493 e. The number of amides is 1. The second-order valence-electron chi connectivity index (χ2n) is 5.85. The number of ketones is 1. The lowest BCUT2D eigenvalue weighted by molar-refractivity contribution is -0.116. The molecule has 0 radical (unpaired) electrons. The van der Waals surface area contributed by atoms with Crippen LogP contribution in [0.5, 0.6) is 11.5 Å². The maximum Gasteiger partial charge on any atom is 0.240 e. The maximum absolute atomic E-state index is 12.4. The number of sulfonamides is 1. The smallest absolute Gasteiger partial charge is 0.240 e. The summed E-state index contributed by atoms with van der Waals surface area (Å²) in [6.07, 6.45) is -0.0726. The standard InChI is InChI=1S/C19H22N2O6S/c1-13(22)14-5-4-6-15(11-14)21-19(23)9-10-20-28(24,25)16-7-8-17(26-2)18(12-16)27-3/h4-8,11-12,20H,9-10H2,1-3H3,(H,21,23). The van der Waals surface area contributed by atoms with E-state index < -0.39 is 10.0 Å². The number of hydrogen-bond donors (Lipinski definition) is 2. The summed E-state index contributed by atoms with van der Waals surface area (Å²) in [5, 5.41) is 2.63. The van der Waals surface area contributed by atoms with Gasteiger partial charge in [-0.05, 0) is 31.2 Å². The number of benzene rings is 2. The van der Waals surface area contributed by atoms with E-state index >= 15 is 0 Å². The average molecular weight is 406 g/mol. The van der Waals surface area contributed by atoms with Crippen molar-refractivity contribution < 1.29 is 27.5 Å². The summed E-state index contributed by atoms with van der Waals surface area (Å²) in [5.74, 6) is 0.205. The lowest BCUT2D eigenvalue weighted by atomic mass is 10.1. The number of ether oxygens (including phenoxy) is 2. The molecule has 0 saturated heterocycles. The summed E-state index contributed by atoms with van der Waals surface area (Å²) in [6, 6.07) is 10.7. The molecular formula is C19H22N2O6S. The van der Waals surface area contributed by atoms with Crippen LogP contribution < -0.4 is 19.5 Å². The van der Waals surface area contributed by atoms with Crippen molar-refractivity contribution in [3.8, 4) is 11.5 Å². The Hall–Kier alpha value is -2.91. The molecule has 0 aromatic heterocycles. The molecule has 1 amide bonds. The Labute approximate surface area is 163 Å². The molecule has 2 aromatic rings. The molecule has 0 aliphatic heterocycles. The van der Waals surface area contributed by atoms with Crippen LogP contribution in [0, 0.1) is 0 Å². The first kappa shape index (κ1) is 21.4. The van der Waals surface area contributed by atoms with Gasteiger partial charge in [-0.2, -0.15) is 0 Å². The van der Waals surface area contributed by atoms with E-state index in [2.05, 4.69) is 10.0 Å². The zero-order valence-electron chi connectivity index (χ0n) is 15.8. The van der Waals surface area contributed by atoms with Gasteiger partial charge in [-0.15, -0.1) is 0 Å². The average Bonchev–Trinajstić information content (AvgIpc) is 2.67. The number of carbonyl (C=O) groups is 2. The number of carbonyl (C=O) groups excluding carboxylic acids is 2. The van der Waals surface area contributed by atoms with Crippen LogP contribution in [0.3, 0.4) is 0 Å². The molecule has 0 heterocycles. The Kier molecular flexibility index (Phi) is 7.13. The maximum atomic E-state index is 12.4. The molecule has 0 bridgehead atoms. The van der Waals surface area contributed by atoms with E-state index in [1.165, 1.54) is 39.3 Å². The molecule has 9 heteroatoms. The fraction of sp³-hybridized carbons (Fsp3) is 0.263. The van der Waals surface area contributed by atoms with Crippen LogP contribution in [0.2, 0.25) is 0 Å². The van der Waals surface area contributed by atoms with Crippen molar-refractivity contribution in [1.29, 1.82) is 0 Å². The Bertz CT molecular complexity index is 972. The lowest BCUT2D eigenvalue weighted by Crippen LogP contribution is -2.28. The first-order valence-corrected chi connectivity index (χ1v) is 9.87. The van der Waals surface area contributed by atoms with Crippen LogP contribution in [-0.4, -0.2) is 40.9 Å². The van der Waals surface area contributed by atoms with Crippen molar-refractivity contribution in [2.24, 2.45) is 0 Å². The van der Waals surface area contributed by atoms with Crippen molar-refractivity contribution in [2.45, 2.75) is 18.2 Å². The number of rotatable bonds is 9. The fourth-order valence-electron chi connectivity index (χ4n) is 2.41. The van der Waals surface area contributed by atoms with Gasteiger partial charge in [0.05, 0.1) is 19.1 Å². The molecule has 2 rings (SSSR count). The van der Waals surface area contributed by atoms with Gasteiger partial charge in [0.2, 0.25) is 15.9 Å². The molecule has 0 unspecified atom stereocenters. The minimum absolute atomic E-state index is 0.000262. The van der Waals surface area contributed by atoms with Crippen LogP contribution in [0.25, 0.3) is 0 Å². The minimum atomic E-state index is -3.81. The first-order chi connectivity index (χ1) is 13.3. The zero-order chi connectivity index (χ0) is 20.7. The highest BCUT2D eigenvalue weighted by Crippen LogP contribution is 2.29. The van der Waals surface area contributed by atoms with Gasteiger partial charge in [-0.1, -0.05) is 12.1 Å². The molecule has 28 heavy (non-hydrogen) atoms. The van der Waals surface area contributed by atoms with E-state index in [-0.39, 0.29) is 35.3 Å². The topological polar surface area (TPSA) is 111 Å². The number of anilines is 1. The van der Waals surface area contributed by atoms with Crippen molar-refractivity contribution in [1.82, 2.24) is 4.72 Å². The highest BCUT2D eigenvalue weighted by atomic mass is 32.2. The molecule has 0 aliphatic carbocycles. The third-order valence-electron chi connectivity index (χ3n) is 3.86. The van der Waals surface area contributed by atoms with Crippen molar-refractivity contribution >= 4 is 27.4 Å². The highest BCUT2D eigenvalue weighted by molar-refractivity contribution is 7.89. The second kappa shape index (κ2) is 9.34. The van der Waals surface area contributed by atoms with E-state index in [9.17, 15) is 18.0 Å². The molecule has 8 nitrogen and oxygen atoms in total. The highest BCUT2D eigenvalue weighted by Gasteiger charge is 2.17. The lowest BCUT2D eigenvalue weighted by Gasteiger charge is -2.11. The van der Waals surface area contributed by atoms with E-state index in [1.54, 1.807) is 24.3 Å². The first-order valence-electron chi connectivity index (χ1n) is 8.39. The van der Waals surface area contributed by atoms with Crippen LogP contribution in [0.1, 0.15) is 23.7 Å². The molecule has 0 atom stereocenters. The largest absolute Gasteiger partial charge is 0.493 e. The number of Topliss-reactive ketones (excluding diaryl/α,β-unsaturated/α-hetero) is 1. The predicted octanol–water partition coefficient (Wildman–Crippen LogP) is 2.21. The summed E-state index contributed by atoms with van der Waals surface area (Å²) < 4.78 is 37.3. The van der Waals surface area contributed by atoms with Gasteiger partial charge in [-0.25, -0.2) is 13.1 Å². The van der Waals surface area contributed by atoms with Gasteiger partial charge >= 0.3 is 0 Å². The predicted molar refractivity (Wildman–Crippen MR) is 104 cm³/mol. The van der Waals surface area contributed by atoms with Crippen molar-refractivity contribution in [3.05, 3.63) is 48.0 Å². The Balaban J connectivity index is 1.95. The summed E-state index contributed by atoms with van der Waals surface area (Å²) in [5.41, 5.74) is 0.951. The molecular weight excluding hydrogens is 384 g/mol. The van der Waals surface area contributed by atoms with Crippen molar-refractivity contribution in [3.63, 3.8) is 0 Å². The van der Waals surface area contributed by atoms with Crippen LogP contribution in [-0.2, 0) is 14.8 Å². The molecule has 0 spiro atoms. The molecule has 0 saturated carbocycles. The van der Waals surface area contributed by atoms with Gasteiger partial charge in [0, 0.05) is 30.3 Å². The SMILES string of the molecule is COc1ccc(S(=O)(=O)NCCC(=O)Nc2cccc(C(C)=O)c2)cc1OC. The molecule has 150 valence electrons. The quantitative estimate of drug-likeness (QED) is 0.618. The van der Waals surface area contributed by atoms with E-state index in [4.69, 9.17) is 9.47 Å². The van der Waals surface area contributed by atoms with E-state index in [1.807, 2.05) is 0 Å². The second-order valence-corrected chi connectivity index (χ2v) is 7.62. The fourth-order valence-corrected chi connectivity index (χ4v) is 3.45.